The number of hydrogen-bond donors (Lipinski definition) is 1. The van der Waals surface area contributed by atoms with Crippen molar-refractivity contribution in [2.45, 2.75) is 31.1 Å². The minimum atomic E-state index is -0.0399. The van der Waals surface area contributed by atoms with E-state index in [1.165, 1.54) is 19.3 Å². The van der Waals surface area contributed by atoms with Crippen LogP contribution >= 0.6 is 11.8 Å². The number of rotatable bonds is 3. The van der Waals surface area contributed by atoms with Gasteiger partial charge in [-0.3, -0.25) is 4.98 Å². The zero-order valence-electron chi connectivity index (χ0n) is 10.2. The van der Waals surface area contributed by atoms with Crippen LogP contribution in [0, 0.1) is 0 Å². The lowest BCUT2D eigenvalue weighted by atomic mass is 10.2. The summed E-state index contributed by atoms with van der Waals surface area (Å²) >= 11 is 1.97. The smallest absolute Gasteiger partial charge is 0.147 e. The fourth-order valence-corrected chi connectivity index (χ4v) is 2.87. The van der Waals surface area contributed by atoms with Crippen LogP contribution < -0.4 is 4.90 Å². The lowest BCUT2D eigenvalue weighted by molar-refractivity contribution is 0.276. The summed E-state index contributed by atoms with van der Waals surface area (Å²) in [5, 5.41) is 9.71. The Labute approximate surface area is 106 Å². The van der Waals surface area contributed by atoms with E-state index < -0.39 is 0 Å². The molecule has 4 nitrogen and oxygen atoms in total. The maximum atomic E-state index is 8.93. The second-order valence-corrected chi connectivity index (χ2v) is 5.44. The van der Waals surface area contributed by atoms with Gasteiger partial charge in [0.2, 0.25) is 0 Å². The maximum Gasteiger partial charge on any atom is 0.147 e. The van der Waals surface area contributed by atoms with Crippen molar-refractivity contribution in [3.8, 4) is 0 Å². The summed E-state index contributed by atoms with van der Waals surface area (Å²) in [5.41, 5.74) is 0.630. The number of aromatic nitrogens is 2. The molecular formula is C12H19N3OS. The van der Waals surface area contributed by atoms with Gasteiger partial charge in [0.15, 0.2) is 0 Å². The second-order valence-electron chi connectivity index (χ2n) is 4.30. The van der Waals surface area contributed by atoms with Gasteiger partial charge in [-0.1, -0.05) is 0 Å². The molecule has 1 aliphatic heterocycles. The van der Waals surface area contributed by atoms with Crippen molar-refractivity contribution < 1.29 is 5.11 Å². The van der Waals surface area contributed by atoms with Crippen LogP contribution in [0.15, 0.2) is 12.4 Å². The molecule has 2 rings (SSSR count). The predicted octanol–water partition coefficient (Wildman–Crippen LogP) is 1.69. The first-order valence-corrected chi connectivity index (χ1v) is 7.32. The largest absolute Gasteiger partial charge is 0.390 e. The summed E-state index contributed by atoms with van der Waals surface area (Å²) in [6.07, 6.45) is 9.34. The van der Waals surface area contributed by atoms with Crippen LogP contribution in [-0.4, -0.2) is 39.7 Å². The number of aliphatic hydroxyl groups excluding tert-OH is 1. The van der Waals surface area contributed by atoms with Crippen molar-refractivity contribution in [2.75, 3.05) is 24.2 Å². The van der Waals surface area contributed by atoms with E-state index >= 15 is 0 Å². The molecule has 0 bridgehead atoms. The molecule has 0 radical (unpaired) electrons. The quantitative estimate of drug-likeness (QED) is 0.888. The standard InChI is InChI=1S/C12H19N3OS/c1-17-11-3-2-5-15(6-4-11)12-8-13-10(9-16)7-14-12/h7-8,11,16H,2-6,9H2,1H3. The van der Waals surface area contributed by atoms with Crippen molar-refractivity contribution in [1.29, 1.82) is 0 Å². The van der Waals surface area contributed by atoms with Crippen molar-refractivity contribution in [1.82, 2.24) is 9.97 Å². The van der Waals surface area contributed by atoms with Gasteiger partial charge in [-0.05, 0) is 25.5 Å². The minimum Gasteiger partial charge on any atom is -0.390 e. The highest BCUT2D eigenvalue weighted by atomic mass is 32.2. The van der Waals surface area contributed by atoms with Gasteiger partial charge in [0.25, 0.3) is 0 Å². The fraction of sp³-hybridized carbons (Fsp3) is 0.667. The second kappa shape index (κ2) is 6.21. The van der Waals surface area contributed by atoms with Gasteiger partial charge in [0, 0.05) is 18.3 Å². The highest BCUT2D eigenvalue weighted by Crippen LogP contribution is 2.23. The molecule has 1 saturated heterocycles. The summed E-state index contributed by atoms with van der Waals surface area (Å²) in [6.45, 7) is 2.07. The Balaban J connectivity index is 2.01. The van der Waals surface area contributed by atoms with Gasteiger partial charge in [0.1, 0.15) is 5.82 Å². The Bertz CT molecular complexity index is 344. The number of hydrogen-bond acceptors (Lipinski definition) is 5. The third-order valence-corrected chi connectivity index (χ3v) is 4.32. The van der Waals surface area contributed by atoms with Crippen LogP contribution in [0.1, 0.15) is 25.0 Å². The average molecular weight is 253 g/mol. The van der Waals surface area contributed by atoms with E-state index in [2.05, 4.69) is 21.1 Å². The summed E-state index contributed by atoms with van der Waals surface area (Å²) in [4.78, 5) is 10.8. The van der Waals surface area contributed by atoms with Gasteiger partial charge in [-0.25, -0.2) is 4.98 Å². The summed E-state index contributed by atoms with van der Waals surface area (Å²) in [5.74, 6) is 0.934. The van der Waals surface area contributed by atoms with Crippen LogP contribution in [0.4, 0.5) is 5.82 Å². The molecule has 0 spiro atoms. The molecule has 1 N–H and O–H groups in total. The van der Waals surface area contributed by atoms with Crippen molar-refractivity contribution in [3.63, 3.8) is 0 Å². The molecule has 0 aliphatic carbocycles. The first-order valence-electron chi connectivity index (χ1n) is 6.03. The normalized spacial score (nSPS) is 21.3. The monoisotopic (exact) mass is 253 g/mol. The van der Waals surface area contributed by atoms with Gasteiger partial charge >= 0.3 is 0 Å². The fourth-order valence-electron chi connectivity index (χ4n) is 2.12. The van der Waals surface area contributed by atoms with Crippen molar-refractivity contribution in [3.05, 3.63) is 18.1 Å². The Kier molecular flexibility index (Phi) is 4.62. The molecule has 1 fully saturated rings. The van der Waals surface area contributed by atoms with E-state index in [-0.39, 0.29) is 6.61 Å². The molecule has 2 heterocycles. The number of nitrogens with zero attached hydrogens (tertiary/aromatic N) is 3. The molecule has 5 heteroatoms. The van der Waals surface area contributed by atoms with E-state index in [4.69, 9.17) is 5.11 Å². The van der Waals surface area contributed by atoms with Crippen molar-refractivity contribution in [2.24, 2.45) is 0 Å². The van der Waals surface area contributed by atoms with Gasteiger partial charge in [0.05, 0.1) is 24.7 Å². The van der Waals surface area contributed by atoms with Gasteiger partial charge in [-0.2, -0.15) is 11.8 Å². The molecule has 0 amide bonds. The van der Waals surface area contributed by atoms with E-state index in [1.54, 1.807) is 12.4 Å². The lowest BCUT2D eigenvalue weighted by Gasteiger charge is -2.21. The zero-order chi connectivity index (χ0) is 12.1. The molecule has 17 heavy (non-hydrogen) atoms. The molecule has 1 aromatic heterocycles. The lowest BCUT2D eigenvalue weighted by Crippen LogP contribution is -2.25. The zero-order valence-corrected chi connectivity index (χ0v) is 11.0. The topological polar surface area (TPSA) is 49.2 Å². The van der Waals surface area contributed by atoms with E-state index in [0.717, 1.165) is 24.2 Å². The van der Waals surface area contributed by atoms with E-state index in [0.29, 0.717) is 5.69 Å². The van der Waals surface area contributed by atoms with Crippen LogP contribution in [0.5, 0.6) is 0 Å². The van der Waals surface area contributed by atoms with Gasteiger partial charge in [-0.15, -0.1) is 0 Å². The molecule has 0 aromatic carbocycles. The number of thioether (sulfide) groups is 1. The molecule has 94 valence electrons. The Morgan fingerprint density at radius 1 is 1.35 bits per heavy atom. The van der Waals surface area contributed by atoms with Crippen LogP contribution in [0.25, 0.3) is 0 Å². The van der Waals surface area contributed by atoms with Crippen LogP contribution in [0.2, 0.25) is 0 Å². The third kappa shape index (κ3) is 3.33. The molecule has 1 unspecified atom stereocenters. The molecular weight excluding hydrogens is 234 g/mol. The Morgan fingerprint density at radius 2 is 2.24 bits per heavy atom. The third-order valence-electron chi connectivity index (χ3n) is 3.19. The number of aliphatic hydroxyl groups is 1. The molecule has 0 saturated carbocycles. The van der Waals surface area contributed by atoms with Crippen LogP contribution in [0.3, 0.4) is 0 Å². The molecule has 1 atom stereocenters. The van der Waals surface area contributed by atoms with E-state index in [9.17, 15) is 0 Å². The summed E-state index contributed by atoms with van der Waals surface area (Å²) in [6, 6.07) is 0. The SMILES string of the molecule is CSC1CCCN(c2cnc(CO)cn2)CC1. The maximum absolute atomic E-state index is 8.93. The molecule has 1 aliphatic rings. The average Bonchev–Trinajstić information content (AvgIpc) is 2.64. The predicted molar refractivity (Wildman–Crippen MR) is 71.3 cm³/mol. The highest BCUT2D eigenvalue weighted by molar-refractivity contribution is 7.99. The summed E-state index contributed by atoms with van der Waals surface area (Å²) < 4.78 is 0. The first kappa shape index (κ1) is 12.6. The highest BCUT2D eigenvalue weighted by Gasteiger charge is 2.17. The molecule has 1 aromatic rings. The minimum absolute atomic E-state index is 0.0399. The summed E-state index contributed by atoms with van der Waals surface area (Å²) in [7, 11) is 0. The van der Waals surface area contributed by atoms with Crippen molar-refractivity contribution >= 4 is 17.6 Å². The van der Waals surface area contributed by atoms with E-state index in [1.807, 2.05) is 11.8 Å². The Hall–Kier alpha value is -0.810. The van der Waals surface area contributed by atoms with Crippen LogP contribution in [-0.2, 0) is 6.61 Å². The van der Waals surface area contributed by atoms with Gasteiger partial charge < -0.3 is 10.0 Å². The number of anilines is 1. The Morgan fingerprint density at radius 3 is 2.88 bits per heavy atom. The first-order chi connectivity index (χ1) is 8.33.